The molecule has 1 atom stereocenters. The fraction of sp³-hybridized carbons (Fsp3) is 0.600. The Balaban J connectivity index is 2.03. The topological polar surface area (TPSA) is 15.3 Å². The van der Waals surface area contributed by atoms with Crippen molar-refractivity contribution in [3.05, 3.63) is 33.8 Å². The van der Waals surface area contributed by atoms with Crippen LogP contribution in [0.2, 0.25) is 10.0 Å². The first kappa shape index (κ1) is 15.1. The molecular weight excluding hydrogens is 279 g/mol. The van der Waals surface area contributed by atoms with Crippen molar-refractivity contribution in [1.29, 1.82) is 0 Å². The van der Waals surface area contributed by atoms with Crippen molar-refractivity contribution in [2.24, 2.45) is 5.41 Å². The van der Waals surface area contributed by atoms with Crippen LogP contribution in [0.5, 0.6) is 0 Å². The van der Waals surface area contributed by atoms with Crippen molar-refractivity contribution in [2.45, 2.75) is 33.4 Å². The highest BCUT2D eigenvalue weighted by Crippen LogP contribution is 2.25. The molecule has 2 rings (SSSR count). The third-order valence-corrected chi connectivity index (χ3v) is 4.30. The van der Waals surface area contributed by atoms with E-state index in [0.717, 1.165) is 36.8 Å². The zero-order valence-corrected chi connectivity index (χ0v) is 13.4. The molecular formula is C15H22Cl2N2. The molecule has 1 fully saturated rings. The fourth-order valence-corrected chi connectivity index (χ4v) is 2.89. The Morgan fingerprint density at radius 1 is 1.32 bits per heavy atom. The van der Waals surface area contributed by atoms with E-state index in [0.29, 0.717) is 11.1 Å². The molecule has 19 heavy (non-hydrogen) atoms. The molecule has 1 aliphatic heterocycles. The SMILES string of the molecule is CC(C)(C)C1CN(Cc2ccc(Cl)cc2Cl)CCN1. The third kappa shape index (κ3) is 4.09. The van der Waals surface area contributed by atoms with Gasteiger partial charge >= 0.3 is 0 Å². The zero-order valence-electron chi connectivity index (χ0n) is 11.8. The van der Waals surface area contributed by atoms with Gasteiger partial charge in [0.25, 0.3) is 0 Å². The van der Waals surface area contributed by atoms with Gasteiger partial charge in [0.1, 0.15) is 0 Å². The van der Waals surface area contributed by atoms with Crippen LogP contribution in [0.25, 0.3) is 0 Å². The molecule has 1 aliphatic rings. The summed E-state index contributed by atoms with van der Waals surface area (Å²) in [5.41, 5.74) is 1.43. The molecule has 0 aromatic heterocycles. The molecule has 106 valence electrons. The summed E-state index contributed by atoms with van der Waals surface area (Å²) in [6.07, 6.45) is 0. The minimum Gasteiger partial charge on any atom is -0.311 e. The van der Waals surface area contributed by atoms with Gasteiger partial charge in [-0.25, -0.2) is 0 Å². The minimum absolute atomic E-state index is 0.280. The molecule has 4 heteroatoms. The molecule has 1 heterocycles. The zero-order chi connectivity index (χ0) is 14.0. The molecule has 1 aromatic rings. The van der Waals surface area contributed by atoms with E-state index in [1.165, 1.54) is 0 Å². The average Bonchev–Trinajstić information content (AvgIpc) is 2.32. The van der Waals surface area contributed by atoms with Crippen molar-refractivity contribution < 1.29 is 0 Å². The van der Waals surface area contributed by atoms with E-state index in [1.54, 1.807) is 0 Å². The van der Waals surface area contributed by atoms with E-state index in [-0.39, 0.29) is 5.41 Å². The van der Waals surface area contributed by atoms with Crippen LogP contribution in [0.1, 0.15) is 26.3 Å². The monoisotopic (exact) mass is 300 g/mol. The van der Waals surface area contributed by atoms with Gasteiger partial charge in [-0.15, -0.1) is 0 Å². The maximum atomic E-state index is 6.25. The Labute approximate surface area is 126 Å². The predicted octanol–water partition coefficient (Wildman–Crippen LogP) is 3.81. The molecule has 0 radical (unpaired) electrons. The number of hydrogen-bond acceptors (Lipinski definition) is 2. The van der Waals surface area contributed by atoms with Gasteiger partial charge in [0.15, 0.2) is 0 Å². The molecule has 1 N–H and O–H groups in total. The molecule has 1 aromatic carbocycles. The summed E-state index contributed by atoms with van der Waals surface area (Å²) >= 11 is 12.2. The second-order valence-electron chi connectivity index (χ2n) is 6.34. The summed E-state index contributed by atoms with van der Waals surface area (Å²) in [4.78, 5) is 2.46. The summed E-state index contributed by atoms with van der Waals surface area (Å²) in [5.74, 6) is 0. The van der Waals surface area contributed by atoms with Crippen molar-refractivity contribution in [1.82, 2.24) is 10.2 Å². The second kappa shape index (κ2) is 6.01. The lowest BCUT2D eigenvalue weighted by atomic mass is 9.85. The largest absolute Gasteiger partial charge is 0.311 e. The lowest BCUT2D eigenvalue weighted by Gasteiger charge is -2.40. The average molecular weight is 301 g/mol. The van der Waals surface area contributed by atoms with E-state index in [4.69, 9.17) is 23.2 Å². The molecule has 0 amide bonds. The van der Waals surface area contributed by atoms with Crippen molar-refractivity contribution in [3.8, 4) is 0 Å². The molecule has 0 aliphatic carbocycles. The molecule has 1 saturated heterocycles. The summed E-state index contributed by atoms with van der Waals surface area (Å²) in [6.45, 7) is 10.9. The molecule has 1 unspecified atom stereocenters. The fourth-order valence-electron chi connectivity index (χ4n) is 2.43. The van der Waals surface area contributed by atoms with Crippen LogP contribution in [0.15, 0.2) is 18.2 Å². The van der Waals surface area contributed by atoms with Crippen LogP contribution in [0, 0.1) is 5.41 Å². The highest BCUT2D eigenvalue weighted by atomic mass is 35.5. The summed E-state index contributed by atoms with van der Waals surface area (Å²) in [6, 6.07) is 6.28. The first-order valence-electron chi connectivity index (χ1n) is 6.76. The van der Waals surface area contributed by atoms with Gasteiger partial charge in [0.2, 0.25) is 0 Å². The number of halogens is 2. The third-order valence-electron chi connectivity index (χ3n) is 3.71. The first-order valence-corrected chi connectivity index (χ1v) is 7.51. The van der Waals surface area contributed by atoms with E-state index in [2.05, 4.69) is 31.0 Å². The Bertz CT molecular complexity index is 440. The summed E-state index contributed by atoms with van der Waals surface area (Å²) in [7, 11) is 0. The van der Waals surface area contributed by atoms with Crippen LogP contribution in [-0.2, 0) is 6.54 Å². The van der Waals surface area contributed by atoms with Crippen molar-refractivity contribution >= 4 is 23.2 Å². The number of nitrogens with one attached hydrogen (secondary N) is 1. The Morgan fingerprint density at radius 3 is 2.68 bits per heavy atom. The molecule has 0 bridgehead atoms. The van der Waals surface area contributed by atoms with Crippen LogP contribution in [0.4, 0.5) is 0 Å². The van der Waals surface area contributed by atoms with Crippen LogP contribution < -0.4 is 5.32 Å². The maximum absolute atomic E-state index is 6.25. The van der Waals surface area contributed by atoms with Gasteiger partial charge in [-0.05, 0) is 23.1 Å². The van der Waals surface area contributed by atoms with E-state index in [1.807, 2.05) is 18.2 Å². The van der Waals surface area contributed by atoms with Gasteiger partial charge in [-0.3, -0.25) is 4.90 Å². The van der Waals surface area contributed by atoms with Gasteiger partial charge in [-0.2, -0.15) is 0 Å². The molecule has 0 saturated carbocycles. The molecule has 2 nitrogen and oxygen atoms in total. The van der Waals surface area contributed by atoms with E-state index < -0.39 is 0 Å². The van der Waals surface area contributed by atoms with Gasteiger partial charge < -0.3 is 5.32 Å². The first-order chi connectivity index (χ1) is 8.86. The highest BCUT2D eigenvalue weighted by Gasteiger charge is 2.29. The Hall–Kier alpha value is -0.280. The maximum Gasteiger partial charge on any atom is 0.0465 e. The van der Waals surface area contributed by atoms with Crippen molar-refractivity contribution in [3.63, 3.8) is 0 Å². The number of piperazine rings is 1. The van der Waals surface area contributed by atoms with Crippen LogP contribution in [-0.4, -0.2) is 30.6 Å². The number of rotatable bonds is 2. The molecule has 0 spiro atoms. The highest BCUT2D eigenvalue weighted by molar-refractivity contribution is 6.35. The standard InChI is InChI=1S/C15H22Cl2N2/c1-15(2,3)14-10-19(7-6-18-14)9-11-4-5-12(16)8-13(11)17/h4-5,8,14,18H,6-7,9-10H2,1-3H3. The van der Waals surface area contributed by atoms with Crippen LogP contribution >= 0.6 is 23.2 Å². The Kier molecular flexibility index (Phi) is 4.78. The number of benzene rings is 1. The van der Waals surface area contributed by atoms with Gasteiger partial charge in [0, 0.05) is 42.3 Å². The summed E-state index contributed by atoms with van der Waals surface area (Å²) < 4.78 is 0. The lowest BCUT2D eigenvalue weighted by molar-refractivity contribution is 0.129. The van der Waals surface area contributed by atoms with E-state index in [9.17, 15) is 0 Å². The van der Waals surface area contributed by atoms with E-state index >= 15 is 0 Å². The predicted molar refractivity (Wildman–Crippen MR) is 83.0 cm³/mol. The van der Waals surface area contributed by atoms with Crippen LogP contribution in [0.3, 0.4) is 0 Å². The van der Waals surface area contributed by atoms with Gasteiger partial charge in [-0.1, -0.05) is 50.0 Å². The smallest absolute Gasteiger partial charge is 0.0465 e. The lowest BCUT2D eigenvalue weighted by Crippen LogP contribution is -2.55. The second-order valence-corrected chi connectivity index (χ2v) is 7.19. The number of hydrogen-bond donors (Lipinski definition) is 1. The Morgan fingerprint density at radius 2 is 2.05 bits per heavy atom. The van der Waals surface area contributed by atoms with Crippen molar-refractivity contribution in [2.75, 3.05) is 19.6 Å². The number of nitrogens with zero attached hydrogens (tertiary/aromatic N) is 1. The summed E-state index contributed by atoms with van der Waals surface area (Å²) in [5, 5.41) is 5.06. The minimum atomic E-state index is 0.280. The quantitative estimate of drug-likeness (QED) is 0.893. The van der Waals surface area contributed by atoms with Gasteiger partial charge in [0.05, 0.1) is 0 Å². The normalized spacial score (nSPS) is 21.6.